The number of fused-ring (bicyclic) bond motifs is 1. The van der Waals surface area contributed by atoms with Crippen molar-refractivity contribution in [2.45, 2.75) is 13.1 Å². The number of benzene rings is 1. The average molecular weight is 433 g/mol. The summed E-state index contributed by atoms with van der Waals surface area (Å²) in [6.07, 6.45) is 1.75. The van der Waals surface area contributed by atoms with Gasteiger partial charge in [0.05, 0.1) is 25.1 Å². The Bertz CT molecular complexity index is 1200. The van der Waals surface area contributed by atoms with Gasteiger partial charge in [0.1, 0.15) is 6.33 Å². The maximum atomic E-state index is 14.3. The Labute approximate surface area is 173 Å². The molecule has 0 spiro atoms. The molecular formula is C19H17F2N5O3S. The zero-order valence-corrected chi connectivity index (χ0v) is 16.4. The van der Waals surface area contributed by atoms with Gasteiger partial charge in [-0.2, -0.15) is 5.10 Å². The molecule has 11 heteroatoms. The lowest BCUT2D eigenvalue weighted by molar-refractivity contribution is -0.118. The number of anilines is 1. The number of hydrogen-bond acceptors (Lipinski definition) is 6. The first-order valence-corrected chi connectivity index (χ1v) is 9.76. The van der Waals surface area contributed by atoms with Gasteiger partial charge in [0.15, 0.2) is 18.2 Å². The lowest BCUT2D eigenvalue weighted by Gasteiger charge is -2.19. The second-order valence-electron chi connectivity index (χ2n) is 6.61. The van der Waals surface area contributed by atoms with E-state index in [0.29, 0.717) is 11.9 Å². The van der Waals surface area contributed by atoms with Gasteiger partial charge in [-0.15, -0.1) is 11.3 Å². The fraction of sp³-hybridized carbons (Fsp3) is 0.211. The fourth-order valence-corrected chi connectivity index (χ4v) is 4.00. The largest absolute Gasteiger partial charge is 0.478 e. The Morgan fingerprint density at radius 1 is 1.37 bits per heavy atom. The van der Waals surface area contributed by atoms with Gasteiger partial charge >= 0.3 is 5.69 Å². The molecule has 0 saturated carbocycles. The number of thiophene rings is 1. The molecule has 0 aliphatic carbocycles. The highest BCUT2D eigenvalue weighted by molar-refractivity contribution is 7.15. The number of nitrogens with one attached hydrogen (secondary N) is 1. The molecule has 8 nitrogen and oxygen atoms in total. The van der Waals surface area contributed by atoms with Crippen LogP contribution >= 0.6 is 11.3 Å². The maximum Gasteiger partial charge on any atom is 0.346 e. The summed E-state index contributed by atoms with van der Waals surface area (Å²) < 4.78 is 34.7. The molecule has 0 unspecified atom stereocenters. The van der Waals surface area contributed by atoms with E-state index in [0.717, 1.165) is 14.4 Å². The number of amides is 1. The molecule has 4 rings (SSSR count). The van der Waals surface area contributed by atoms with Crippen LogP contribution in [0.15, 0.2) is 47.3 Å². The van der Waals surface area contributed by atoms with Crippen molar-refractivity contribution in [1.29, 1.82) is 0 Å². The Hall–Kier alpha value is -3.31. The van der Waals surface area contributed by atoms with Crippen LogP contribution in [0.1, 0.15) is 4.88 Å². The van der Waals surface area contributed by atoms with Gasteiger partial charge in [-0.1, -0.05) is 0 Å². The van der Waals surface area contributed by atoms with E-state index in [2.05, 4.69) is 10.4 Å². The van der Waals surface area contributed by atoms with Crippen LogP contribution in [0.3, 0.4) is 0 Å². The van der Waals surface area contributed by atoms with Crippen molar-refractivity contribution in [2.24, 2.45) is 5.73 Å². The Morgan fingerprint density at radius 3 is 2.97 bits per heavy atom. The number of hydrogen-bond donors (Lipinski definition) is 2. The van der Waals surface area contributed by atoms with E-state index in [4.69, 9.17) is 10.5 Å². The number of rotatable bonds is 6. The van der Waals surface area contributed by atoms with E-state index < -0.39 is 11.5 Å². The molecule has 0 radical (unpaired) electrons. The molecule has 1 amide bonds. The van der Waals surface area contributed by atoms with Gasteiger partial charge in [-0.3, -0.25) is 9.36 Å². The molecule has 1 aliphatic heterocycles. The molecule has 0 atom stereocenters. The summed E-state index contributed by atoms with van der Waals surface area (Å²) in [6, 6.07) is 6.62. The molecule has 0 bridgehead atoms. The number of halogens is 2. The third kappa shape index (κ3) is 3.89. The molecule has 3 heterocycles. The summed E-state index contributed by atoms with van der Waals surface area (Å²) in [5, 5.41) is 6.58. The van der Waals surface area contributed by atoms with E-state index in [1.165, 1.54) is 28.3 Å². The maximum absolute atomic E-state index is 14.3. The van der Waals surface area contributed by atoms with Crippen molar-refractivity contribution in [3.05, 3.63) is 63.7 Å². The van der Waals surface area contributed by atoms with Gasteiger partial charge < -0.3 is 15.8 Å². The highest BCUT2D eigenvalue weighted by atomic mass is 32.1. The van der Waals surface area contributed by atoms with E-state index in [-0.39, 0.29) is 49.2 Å². The molecule has 156 valence electrons. The number of nitrogens with two attached hydrogens (primary N) is 1. The van der Waals surface area contributed by atoms with Gasteiger partial charge in [-0.25, -0.2) is 18.3 Å². The van der Waals surface area contributed by atoms with Crippen LogP contribution in [0.25, 0.3) is 10.4 Å². The Balaban J connectivity index is 1.55. The summed E-state index contributed by atoms with van der Waals surface area (Å²) in [5.74, 6) is -0.887. The summed E-state index contributed by atoms with van der Waals surface area (Å²) in [4.78, 5) is 25.5. The molecule has 30 heavy (non-hydrogen) atoms. The van der Waals surface area contributed by atoms with Crippen LogP contribution in [-0.2, 0) is 17.9 Å². The summed E-state index contributed by atoms with van der Waals surface area (Å²) in [5.41, 5.74) is 6.14. The molecule has 0 fully saturated rings. The molecule has 0 saturated heterocycles. The average Bonchev–Trinajstić information content (AvgIpc) is 3.33. The second kappa shape index (κ2) is 8.20. The van der Waals surface area contributed by atoms with E-state index in [1.54, 1.807) is 12.1 Å². The first kappa shape index (κ1) is 20.0. The fourth-order valence-electron chi connectivity index (χ4n) is 3.01. The van der Waals surface area contributed by atoms with Crippen molar-refractivity contribution in [1.82, 2.24) is 14.3 Å². The third-order valence-electron chi connectivity index (χ3n) is 4.50. The topological polar surface area (TPSA) is 104 Å². The summed E-state index contributed by atoms with van der Waals surface area (Å²) in [6.45, 7) is 0.0143. The van der Waals surface area contributed by atoms with Crippen molar-refractivity contribution in [3.8, 4) is 16.2 Å². The quantitative estimate of drug-likeness (QED) is 0.620. The van der Waals surface area contributed by atoms with E-state index in [9.17, 15) is 18.4 Å². The minimum Gasteiger partial charge on any atom is -0.478 e. The van der Waals surface area contributed by atoms with Gasteiger partial charge in [0, 0.05) is 16.3 Å². The first-order valence-electron chi connectivity index (χ1n) is 8.94. The van der Waals surface area contributed by atoms with Crippen LogP contribution in [0, 0.1) is 5.82 Å². The van der Waals surface area contributed by atoms with Crippen LogP contribution in [0.2, 0.25) is 0 Å². The lowest BCUT2D eigenvalue weighted by atomic mass is 10.1. The SMILES string of the molecule is NC/C(=C\F)Cn1ncn(Cc2ccc(-c3cc(F)c4c(c3)NC(=O)CO4)s2)c1=O. The number of carbonyl (C=O) groups is 1. The zero-order chi connectivity index (χ0) is 21.3. The molecule has 3 N–H and O–H groups in total. The van der Waals surface area contributed by atoms with Crippen molar-refractivity contribution in [3.63, 3.8) is 0 Å². The Morgan fingerprint density at radius 2 is 2.20 bits per heavy atom. The van der Waals surface area contributed by atoms with Gasteiger partial charge in [0.25, 0.3) is 5.91 Å². The standard InChI is InChI=1S/C19H17F2N5O3S/c20-5-11(6-22)7-26-19(28)25(10-23-26)8-13-1-2-16(30-13)12-3-14(21)18-15(4-12)24-17(27)9-29-18/h1-5,10H,6-9,22H2,(H,24,27)/b11-5+. The third-order valence-corrected chi connectivity index (χ3v) is 5.62. The zero-order valence-electron chi connectivity index (χ0n) is 15.6. The van der Waals surface area contributed by atoms with Crippen molar-refractivity contribution < 1.29 is 18.3 Å². The van der Waals surface area contributed by atoms with E-state index >= 15 is 0 Å². The lowest BCUT2D eigenvalue weighted by Crippen LogP contribution is -2.26. The summed E-state index contributed by atoms with van der Waals surface area (Å²) >= 11 is 1.37. The van der Waals surface area contributed by atoms with Crippen LogP contribution in [0.5, 0.6) is 5.75 Å². The van der Waals surface area contributed by atoms with E-state index in [1.807, 2.05) is 6.07 Å². The van der Waals surface area contributed by atoms with Crippen molar-refractivity contribution >= 4 is 22.9 Å². The monoisotopic (exact) mass is 433 g/mol. The van der Waals surface area contributed by atoms with Crippen LogP contribution in [0.4, 0.5) is 14.5 Å². The smallest absolute Gasteiger partial charge is 0.346 e. The minimum absolute atomic E-state index is 0.00703. The van der Waals surface area contributed by atoms with Crippen LogP contribution < -0.4 is 21.5 Å². The van der Waals surface area contributed by atoms with Crippen molar-refractivity contribution in [2.75, 3.05) is 18.5 Å². The number of aromatic nitrogens is 3. The molecule has 2 aromatic heterocycles. The highest BCUT2D eigenvalue weighted by Gasteiger charge is 2.21. The normalized spacial score (nSPS) is 13.7. The van der Waals surface area contributed by atoms with Crippen LogP contribution in [-0.4, -0.2) is 33.4 Å². The predicted molar refractivity (Wildman–Crippen MR) is 108 cm³/mol. The van der Waals surface area contributed by atoms with Gasteiger partial charge in [-0.05, 0) is 35.4 Å². The molecule has 3 aromatic rings. The molecular weight excluding hydrogens is 416 g/mol. The number of ether oxygens (including phenoxy) is 1. The number of carbonyl (C=O) groups excluding carboxylic acids is 1. The first-order chi connectivity index (χ1) is 14.5. The predicted octanol–water partition coefficient (Wildman–Crippen LogP) is 2.10. The van der Waals surface area contributed by atoms with Gasteiger partial charge in [0.2, 0.25) is 0 Å². The molecule has 1 aromatic carbocycles. The Kier molecular flexibility index (Phi) is 5.46. The summed E-state index contributed by atoms with van der Waals surface area (Å²) in [7, 11) is 0. The highest BCUT2D eigenvalue weighted by Crippen LogP contribution is 2.37. The molecule has 1 aliphatic rings. The second-order valence-corrected chi connectivity index (χ2v) is 7.78. The number of nitrogens with zero attached hydrogens (tertiary/aromatic N) is 3. The minimum atomic E-state index is -0.563.